The van der Waals surface area contributed by atoms with Gasteiger partial charge >= 0.3 is 0 Å². The summed E-state index contributed by atoms with van der Waals surface area (Å²) in [5, 5.41) is 0. The van der Waals surface area contributed by atoms with Gasteiger partial charge in [-0.25, -0.2) is 4.90 Å². The number of amides is 2. The van der Waals surface area contributed by atoms with Gasteiger partial charge in [-0.2, -0.15) is 0 Å². The van der Waals surface area contributed by atoms with Crippen LogP contribution in [0, 0.1) is 11.8 Å². The van der Waals surface area contributed by atoms with Gasteiger partial charge in [0, 0.05) is 0 Å². The molecule has 1 aliphatic rings. The van der Waals surface area contributed by atoms with E-state index in [4.69, 9.17) is 0 Å². The molecule has 30 heavy (non-hydrogen) atoms. The normalized spacial score (nSPS) is 14.2. The zero-order valence-electron chi connectivity index (χ0n) is 19.6. The molecular weight excluding hydrogens is 370 g/mol. The Balaban J connectivity index is 2.00. The van der Waals surface area contributed by atoms with Gasteiger partial charge in [-0.1, -0.05) is 67.5 Å². The predicted octanol–water partition coefficient (Wildman–Crippen LogP) is 7.13. The fraction of sp³-hybridized carbons (Fsp3) is 0.481. The second-order valence-electron chi connectivity index (χ2n) is 9.89. The maximum absolute atomic E-state index is 13.2. The van der Waals surface area contributed by atoms with E-state index in [9.17, 15) is 9.59 Å². The molecule has 0 aromatic heterocycles. The number of anilines is 1. The first-order chi connectivity index (χ1) is 14.0. The average Bonchev–Trinajstić information content (AvgIpc) is 2.91. The van der Waals surface area contributed by atoms with Crippen molar-refractivity contribution in [2.45, 2.75) is 73.1 Å². The highest BCUT2D eigenvalue weighted by Gasteiger charge is 2.38. The van der Waals surface area contributed by atoms with Gasteiger partial charge in [0.05, 0.1) is 16.8 Å². The van der Waals surface area contributed by atoms with Gasteiger partial charge < -0.3 is 0 Å². The van der Waals surface area contributed by atoms with E-state index in [1.807, 2.05) is 24.3 Å². The Labute approximate surface area is 181 Å². The van der Waals surface area contributed by atoms with E-state index in [0.717, 1.165) is 11.1 Å². The van der Waals surface area contributed by atoms with Crippen LogP contribution in [0.5, 0.6) is 0 Å². The van der Waals surface area contributed by atoms with Crippen molar-refractivity contribution in [3.05, 3.63) is 64.2 Å². The summed E-state index contributed by atoms with van der Waals surface area (Å²) in [5.74, 6) is 1.66. The molecule has 0 aliphatic carbocycles. The van der Waals surface area contributed by atoms with Crippen LogP contribution in [-0.4, -0.2) is 11.8 Å². The summed E-state index contributed by atoms with van der Waals surface area (Å²) in [6.07, 6.45) is 0. The molecule has 0 saturated heterocycles. The third-order valence-electron chi connectivity index (χ3n) is 6.31. The Kier molecular flexibility index (Phi) is 6.21. The van der Waals surface area contributed by atoms with Crippen LogP contribution >= 0.6 is 0 Å². The molecule has 0 N–H and O–H groups in total. The number of fused-ring (bicyclic) bond motifs is 1. The van der Waals surface area contributed by atoms with Crippen LogP contribution in [0.15, 0.2) is 36.4 Å². The minimum absolute atomic E-state index is 0.218. The number of benzene rings is 2. The summed E-state index contributed by atoms with van der Waals surface area (Å²) in [4.78, 5) is 27.7. The molecule has 0 unspecified atom stereocenters. The standard InChI is InChI=1S/C27H35NO2/c1-15(2)21-13-23-24(14-22(21)16(3)4)27(30)28(26(23)29)20-11-9-19(10-12-20)25(17(5)6)18(7)8/h9-18,25H,1-8H3. The van der Waals surface area contributed by atoms with E-state index >= 15 is 0 Å². The highest BCUT2D eigenvalue weighted by molar-refractivity contribution is 6.34. The monoisotopic (exact) mass is 405 g/mol. The molecule has 0 radical (unpaired) electrons. The van der Waals surface area contributed by atoms with Gasteiger partial charge in [0.2, 0.25) is 0 Å². The number of imide groups is 1. The fourth-order valence-corrected chi connectivity index (χ4v) is 4.94. The van der Waals surface area contributed by atoms with E-state index in [0.29, 0.717) is 46.4 Å². The average molecular weight is 406 g/mol. The molecule has 2 aromatic rings. The van der Waals surface area contributed by atoms with E-state index in [-0.39, 0.29) is 11.8 Å². The molecule has 3 heteroatoms. The Morgan fingerprint density at radius 3 is 1.37 bits per heavy atom. The van der Waals surface area contributed by atoms with Crippen molar-refractivity contribution in [3.63, 3.8) is 0 Å². The summed E-state index contributed by atoms with van der Waals surface area (Å²) in [6, 6.07) is 11.9. The van der Waals surface area contributed by atoms with Gasteiger partial charge in [-0.15, -0.1) is 0 Å². The zero-order valence-corrected chi connectivity index (χ0v) is 19.6. The highest BCUT2D eigenvalue weighted by atomic mass is 16.2. The van der Waals surface area contributed by atoms with Gasteiger partial charge in [-0.05, 0) is 70.5 Å². The highest BCUT2D eigenvalue weighted by Crippen LogP contribution is 2.37. The van der Waals surface area contributed by atoms with Crippen LogP contribution in [0.3, 0.4) is 0 Å². The van der Waals surface area contributed by atoms with Crippen molar-refractivity contribution in [2.24, 2.45) is 11.8 Å². The topological polar surface area (TPSA) is 37.4 Å². The van der Waals surface area contributed by atoms with E-state index < -0.39 is 0 Å². The predicted molar refractivity (Wildman–Crippen MR) is 125 cm³/mol. The van der Waals surface area contributed by atoms with E-state index in [2.05, 4.69) is 67.5 Å². The Morgan fingerprint density at radius 2 is 1.03 bits per heavy atom. The van der Waals surface area contributed by atoms with Crippen LogP contribution in [0.4, 0.5) is 5.69 Å². The van der Waals surface area contributed by atoms with E-state index in [1.165, 1.54) is 10.5 Å². The number of hydrogen-bond donors (Lipinski definition) is 0. The third kappa shape index (κ3) is 3.82. The molecule has 2 amide bonds. The lowest BCUT2D eigenvalue weighted by atomic mass is 9.80. The quantitative estimate of drug-likeness (QED) is 0.479. The second kappa shape index (κ2) is 8.37. The summed E-state index contributed by atoms with van der Waals surface area (Å²) in [7, 11) is 0. The van der Waals surface area contributed by atoms with Gasteiger partial charge in [-0.3, -0.25) is 9.59 Å². The van der Waals surface area contributed by atoms with Crippen molar-refractivity contribution in [2.75, 3.05) is 4.90 Å². The third-order valence-corrected chi connectivity index (χ3v) is 6.31. The minimum Gasteiger partial charge on any atom is -0.268 e. The lowest BCUT2D eigenvalue weighted by molar-refractivity contribution is 0.0926. The molecule has 0 atom stereocenters. The summed E-state index contributed by atoms with van der Waals surface area (Å²) < 4.78 is 0. The number of carbonyl (C=O) groups excluding carboxylic acids is 2. The van der Waals surface area contributed by atoms with Crippen molar-refractivity contribution in [1.29, 1.82) is 0 Å². The van der Waals surface area contributed by atoms with Crippen LogP contribution in [0.25, 0.3) is 0 Å². The van der Waals surface area contributed by atoms with Gasteiger partial charge in [0.1, 0.15) is 0 Å². The first-order valence-corrected chi connectivity index (χ1v) is 11.2. The van der Waals surface area contributed by atoms with Crippen molar-refractivity contribution >= 4 is 17.5 Å². The molecule has 1 aliphatic heterocycles. The Hall–Kier alpha value is -2.42. The molecule has 3 nitrogen and oxygen atoms in total. The lowest BCUT2D eigenvalue weighted by Gasteiger charge is -2.26. The first-order valence-electron chi connectivity index (χ1n) is 11.2. The SMILES string of the molecule is CC(C)c1cc2c(cc1C(C)C)C(=O)N(c1ccc(C(C(C)C)C(C)C)cc1)C2=O. The van der Waals surface area contributed by atoms with E-state index in [1.54, 1.807) is 0 Å². The lowest BCUT2D eigenvalue weighted by Crippen LogP contribution is -2.29. The molecule has 160 valence electrons. The largest absolute Gasteiger partial charge is 0.268 e. The first kappa shape index (κ1) is 22.3. The Morgan fingerprint density at radius 1 is 0.633 bits per heavy atom. The minimum atomic E-state index is -0.218. The summed E-state index contributed by atoms with van der Waals surface area (Å²) >= 11 is 0. The fourth-order valence-electron chi connectivity index (χ4n) is 4.94. The van der Waals surface area contributed by atoms with Crippen molar-refractivity contribution < 1.29 is 9.59 Å². The number of carbonyl (C=O) groups is 2. The molecular formula is C27H35NO2. The second-order valence-corrected chi connectivity index (χ2v) is 9.89. The summed E-state index contributed by atoms with van der Waals surface area (Å²) in [5.41, 5.74) is 5.26. The van der Waals surface area contributed by atoms with Crippen LogP contribution in [0.2, 0.25) is 0 Å². The summed E-state index contributed by atoms with van der Waals surface area (Å²) in [6.45, 7) is 17.5. The smallest absolute Gasteiger partial charge is 0.266 e. The molecule has 3 rings (SSSR count). The molecule has 0 fully saturated rings. The zero-order chi connectivity index (χ0) is 22.3. The van der Waals surface area contributed by atoms with Crippen LogP contribution in [0.1, 0.15) is 111 Å². The maximum atomic E-state index is 13.2. The molecule has 0 spiro atoms. The molecule has 2 aromatic carbocycles. The molecule has 0 saturated carbocycles. The van der Waals surface area contributed by atoms with Crippen molar-refractivity contribution in [1.82, 2.24) is 0 Å². The number of hydrogen-bond acceptors (Lipinski definition) is 2. The number of nitrogens with zero attached hydrogens (tertiary/aromatic N) is 1. The molecule has 0 bridgehead atoms. The van der Waals surface area contributed by atoms with Crippen molar-refractivity contribution in [3.8, 4) is 0 Å². The maximum Gasteiger partial charge on any atom is 0.266 e. The van der Waals surface area contributed by atoms with Crippen LogP contribution in [-0.2, 0) is 0 Å². The van der Waals surface area contributed by atoms with Gasteiger partial charge in [0.25, 0.3) is 11.8 Å². The number of rotatable bonds is 6. The Bertz CT molecular complexity index is 897. The van der Waals surface area contributed by atoms with Crippen LogP contribution < -0.4 is 4.90 Å². The van der Waals surface area contributed by atoms with Gasteiger partial charge in [0.15, 0.2) is 0 Å². The molecule has 1 heterocycles.